The Morgan fingerprint density at radius 1 is 1.03 bits per heavy atom. The van der Waals surface area contributed by atoms with Crippen molar-refractivity contribution in [3.8, 4) is 5.75 Å². The van der Waals surface area contributed by atoms with E-state index in [0.29, 0.717) is 23.7 Å². The van der Waals surface area contributed by atoms with Crippen molar-refractivity contribution in [3.63, 3.8) is 0 Å². The summed E-state index contributed by atoms with van der Waals surface area (Å²) in [6.45, 7) is 2.30. The van der Waals surface area contributed by atoms with E-state index in [0.717, 1.165) is 18.4 Å². The summed E-state index contributed by atoms with van der Waals surface area (Å²) in [6, 6.07) is 21.3. The van der Waals surface area contributed by atoms with Crippen molar-refractivity contribution in [2.24, 2.45) is 0 Å². The Bertz CT molecular complexity index is 1100. The molecule has 32 heavy (non-hydrogen) atoms. The molecule has 0 aliphatic carbocycles. The standard InChI is InChI=1S/C26H25FN2O3/c1-18-26(31)29(15-5-8-19-6-3-2-4-7-19)23-17-22(13-14-24(23)32-18)28-25(30)16-20-9-11-21(27)12-10-20/h2-4,6-7,9-14,17-18H,5,8,15-16H2,1H3,(H,28,30). The van der Waals surface area contributed by atoms with E-state index in [1.807, 2.05) is 18.2 Å². The van der Waals surface area contributed by atoms with Crippen molar-refractivity contribution in [2.75, 3.05) is 16.8 Å². The highest BCUT2D eigenvalue weighted by Gasteiger charge is 2.31. The van der Waals surface area contributed by atoms with E-state index >= 15 is 0 Å². The van der Waals surface area contributed by atoms with Gasteiger partial charge >= 0.3 is 0 Å². The maximum atomic E-state index is 13.1. The Labute approximate surface area is 186 Å². The second-order valence-corrected chi connectivity index (χ2v) is 7.87. The molecule has 3 aromatic carbocycles. The van der Waals surface area contributed by atoms with Crippen LogP contribution in [0.2, 0.25) is 0 Å². The van der Waals surface area contributed by atoms with Crippen LogP contribution in [-0.4, -0.2) is 24.5 Å². The molecule has 2 amide bonds. The molecule has 1 unspecified atom stereocenters. The van der Waals surface area contributed by atoms with Gasteiger partial charge < -0.3 is 15.0 Å². The van der Waals surface area contributed by atoms with E-state index in [1.54, 1.807) is 42.2 Å². The van der Waals surface area contributed by atoms with Crippen LogP contribution >= 0.6 is 0 Å². The molecule has 1 aliphatic heterocycles. The van der Waals surface area contributed by atoms with E-state index in [2.05, 4.69) is 17.4 Å². The predicted octanol–water partition coefficient (Wildman–Crippen LogP) is 4.75. The zero-order chi connectivity index (χ0) is 22.5. The Morgan fingerprint density at radius 2 is 1.78 bits per heavy atom. The predicted molar refractivity (Wildman–Crippen MR) is 122 cm³/mol. The number of ether oxygens (including phenoxy) is 1. The van der Waals surface area contributed by atoms with Crippen molar-refractivity contribution in [1.29, 1.82) is 0 Å². The lowest BCUT2D eigenvalue weighted by molar-refractivity contribution is -0.125. The maximum absolute atomic E-state index is 13.1. The fourth-order valence-electron chi connectivity index (χ4n) is 3.79. The molecule has 4 rings (SSSR count). The van der Waals surface area contributed by atoms with Gasteiger partial charge in [-0.15, -0.1) is 0 Å². The Hall–Kier alpha value is -3.67. The van der Waals surface area contributed by atoms with Crippen LogP contribution in [0.15, 0.2) is 72.8 Å². The molecule has 164 valence electrons. The van der Waals surface area contributed by atoms with Crippen molar-refractivity contribution in [3.05, 3.63) is 89.7 Å². The molecule has 6 heteroatoms. The molecule has 0 fully saturated rings. The first kappa shape index (κ1) is 21.6. The Balaban J connectivity index is 1.46. The van der Waals surface area contributed by atoms with Crippen molar-refractivity contribution in [2.45, 2.75) is 32.3 Å². The number of carbonyl (C=O) groups is 2. The molecule has 1 N–H and O–H groups in total. The molecule has 0 radical (unpaired) electrons. The van der Waals surface area contributed by atoms with E-state index in [1.165, 1.54) is 17.7 Å². The number of hydrogen-bond donors (Lipinski definition) is 1. The number of nitrogens with one attached hydrogen (secondary N) is 1. The third kappa shape index (κ3) is 5.14. The average Bonchev–Trinajstić information content (AvgIpc) is 2.79. The number of amides is 2. The molecule has 5 nitrogen and oxygen atoms in total. The largest absolute Gasteiger partial charge is 0.479 e. The molecule has 0 aromatic heterocycles. The van der Waals surface area contributed by atoms with Gasteiger partial charge in [-0.3, -0.25) is 9.59 Å². The third-order valence-corrected chi connectivity index (χ3v) is 5.42. The van der Waals surface area contributed by atoms with Crippen LogP contribution in [0.3, 0.4) is 0 Å². The van der Waals surface area contributed by atoms with Crippen molar-refractivity contribution < 1.29 is 18.7 Å². The summed E-state index contributed by atoms with van der Waals surface area (Å²) >= 11 is 0. The van der Waals surface area contributed by atoms with Gasteiger partial charge in [-0.2, -0.15) is 0 Å². The van der Waals surface area contributed by atoms with Crippen LogP contribution in [-0.2, 0) is 22.4 Å². The van der Waals surface area contributed by atoms with Gasteiger partial charge in [0, 0.05) is 12.2 Å². The summed E-state index contributed by atoms with van der Waals surface area (Å²) in [5.41, 5.74) is 3.18. The second kappa shape index (κ2) is 9.64. The topological polar surface area (TPSA) is 58.6 Å². The molecule has 0 spiro atoms. The van der Waals surface area contributed by atoms with E-state index in [9.17, 15) is 14.0 Å². The van der Waals surface area contributed by atoms with Crippen LogP contribution in [0.1, 0.15) is 24.5 Å². The highest BCUT2D eigenvalue weighted by atomic mass is 19.1. The van der Waals surface area contributed by atoms with E-state index in [-0.39, 0.29) is 24.1 Å². The van der Waals surface area contributed by atoms with Gasteiger partial charge in [-0.1, -0.05) is 42.5 Å². The highest BCUT2D eigenvalue weighted by Crippen LogP contribution is 2.36. The van der Waals surface area contributed by atoms with Crippen molar-refractivity contribution >= 4 is 23.2 Å². The first-order valence-electron chi connectivity index (χ1n) is 10.7. The minimum absolute atomic E-state index is 0.0969. The fraction of sp³-hybridized carbons (Fsp3) is 0.231. The number of nitrogens with zero attached hydrogens (tertiary/aromatic N) is 1. The first-order valence-corrected chi connectivity index (χ1v) is 10.7. The summed E-state index contributed by atoms with van der Waals surface area (Å²) in [6.07, 6.45) is 1.25. The van der Waals surface area contributed by atoms with E-state index < -0.39 is 6.10 Å². The average molecular weight is 432 g/mol. The number of carbonyl (C=O) groups excluding carboxylic acids is 2. The number of halogens is 1. The number of fused-ring (bicyclic) bond motifs is 1. The summed E-state index contributed by atoms with van der Waals surface area (Å²) in [4.78, 5) is 27.0. The molecule has 0 saturated carbocycles. The van der Waals surface area contributed by atoms with Gasteiger partial charge in [0.15, 0.2) is 6.10 Å². The molecular weight excluding hydrogens is 407 g/mol. The fourth-order valence-corrected chi connectivity index (χ4v) is 3.79. The molecule has 3 aromatic rings. The van der Waals surface area contributed by atoms with E-state index in [4.69, 9.17) is 4.74 Å². The van der Waals surface area contributed by atoms with Crippen LogP contribution in [0.4, 0.5) is 15.8 Å². The molecule has 1 aliphatic rings. The normalized spacial score (nSPS) is 15.1. The van der Waals surface area contributed by atoms with Gasteiger partial charge in [0.1, 0.15) is 11.6 Å². The van der Waals surface area contributed by atoms with Crippen molar-refractivity contribution in [1.82, 2.24) is 0 Å². The molecule has 1 heterocycles. The third-order valence-electron chi connectivity index (χ3n) is 5.42. The minimum Gasteiger partial charge on any atom is -0.479 e. The lowest BCUT2D eigenvalue weighted by atomic mass is 10.1. The SMILES string of the molecule is CC1Oc2ccc(NC(=O)Cc3ccc(F)cc3)cc2N(CCCc2ccccc2)C1=O. The highest BCUT2D eigenvalue weighted by molar-refractivity contribution is 6.01. The quantitative estimate of drug-likeness (QED) is 0.586. The number of aryl methyl sites for hydroxylation is 1. The lowest BCUT2D eigenvalue weighted by Crippen LogP contribution is -2.45. The van der Waals surface area contributed by atoms with Crippen LogP contribution in [0, 0.1) is 5.82 Å². The van der Waals surface area contributed by atoms with Gasteiger partial charge in [-0.05, 0) is 61.2 Å². The van der Waals surface area contributed by atoms with Gasteiger partial charge in [0.05, 0.1) is 12.1 Å². The van der Waals surface area contributed by atoms with Gasteiger partial charge in [0.2, 0.25) is 5.91 Å². The summed E-state index contributed by atoms with van der Waals surface area (Å²) in [5, 5.41) is 2.86. The van der Waals surface area contributed by atoms with Crippen LogP contribution in [0.5, 0.6) is 5.75 Å². The van der Waals surface area contributed by atoms with Crippen LogP contribution in [0.25, 0.3) is 0 Å². The minimum atomic E-state index is -0.557. The Kier molecular flexibility index (Phi) is 6.50. The zero-order valence-electron chi connectivity index (χ0n) is 17.9. The molecule has 0 saturated heterocycles. The van der Waals surface area contributed by atoms with Gasteiger partial charge in [0.25, 0.3) is 5.91 Å². The number of hydrogen-bond acceptors (Lipinski definition) is 3. The number of anilines is 2. The number of rotatable bonds is 7. The van der Waals surface area contributed by atoms with Gasteiger partial charge in [-0.25, -0.2) is 4.39 Å². The molecule has 0 bridgehead atoms. The van der Waals surface area contributed by atoms with Crippen LogP contribution < -0.4 is 15.0 Å². The Morgan fingerprint density at radius 3 is 2.53 bits per heavy atom. The summed E-state index contributed by atoms with van der Waals surface area (Å²) < 4.78 is 18.8. The summed E-state index contributed by atoms with van der Waals surface area (Å²) in [5.74, 6) is -0.0348. The smallest absolute Gasteiger partial charge is 0.267 e. The maximum Gasteiger partial charge on any atom is 0.267 e. The molecular formula is C26H25FN2O3. The second-order valence-electron chi connectivity index (χ2n) is 7.87. The zero-order valence-corrected chi connectivity index (χ0v) is 17.9. The summed E-state index contributed by atoms with van der Waals surface area (Å²) in [7, 11) is 0. The molecule has 1 atom stereocenters. The number of benzene rings is 3. The monoisotopic (exact) mass is 432 g/mol. The first-order chi connectivity index (χ1) is 15.5. The lowest BCUT2D eigenvalue weighted by Gasteiger charge is -2.33.